The third kappa shape index (κ3) is 3.57. The van der Waals surface area contributed by atoms with Crippen molar-refractivity contribution in [2.45, 2.75) is 58.0 Å². The first-order chi connectivity index (χ1) is 8.87. The van der Waals surface area contributed by atoms with Crippen LogP contribution in [0.3, 0.4) is 0 Å². The van der Waals surface area contributed by atoms with E-state index in [2.05, 4.69) is 44.3 Å². The Hall–Kier alpha value is -1.35. The van der Waals surface area contributed by atoms with Crippen molar-refractivity contribution in [3.63, 3.8) is 0 Å². The van der Waals surface area contributed by atoms with Gasteiger partial charge >= 0.3 is 0 Å². The highest BCUT2D eigenvalue weighted by Gasteiger charge is 2.24. The van der Waals surface area contributed by atoms with E-state index in [1.165, 1.54) is 11.1 Å². The topological polar surface area (TPSA) is 55.1 Å². The Balaban J connectivity index is 2.17. The van der Waals surface area contributed by atoms with Crippen LogP contribution >= 0.6 is 0 Å². The van der Waals surface area contributed by atoms with Gasteiger partial charge in [0.05, 0.1) is 5.92 Å². The van der Waals surface area contributed by atoms with Gasteiger partial charge in [-0.2, -0.15) is 0 Å². The summed E-state index contributed by atoms with van der Waals surface area (Å²) in [5.74, 6) is -0.283. The SMILES string of the molecule is CC(C)(C)NCc1ccc2c(c1)CCCC2C(N)=O. The first-order valence-corrected chi connectivity index (χ1v) is 7.03. The van der Waals surface area contributed by atoms with Crippen molar-refractivity contribution in [2.24, 2.45) is 5.73 Å². The molecule has 1 aromatic rings. The number of primary amides is 1. The lowest BCUT2D eigenvalue weighted by molar-refractivity contribution is -0.119. The van der Waals surface area contributed by atoms with Crippen molar-refractivity contribution in [2.75, 3.05) is 0 Å². The number of hydrogen-bond acceptors (Lipinski definition) is 2. The van der Waals surface area contributed by atoms with Crippen LogP contribution in [0.2, 0.25) is 0 Å². The lowest BCUT2D eigenvalue weighted by Gasteiger charge is -2.25. The fourth-order valence-corrected chi connectivity index (χ4v) is 2.64. The molecule has 1 aromatic carbocycles. The van der Waals surface area contributed by atoms with Crippen LogP contribution in [0.25, 0.3) is 0 Å². The number of hydrogen-bond donors (Lipinski definition) is 2. The third-order valence-electron chi connectivity index (χ3n) is 3.69. The normalized spacial score (nSPS) is 19.0. The summed E-state index contributed by atoms with van der Waals surface area (Å²) in [7, 11) is 0. The van der Waals surface area contributed by atoms with Gasteiger partial charge < -0.3 is 11.1 Å². The molecule has 0 spiro atoms. The second-order valence-electron chi connectivity index (χ2n) is 6.48. The molecule has 1 aliphatic carbocycles. The summed E-state index contributed by atoms with van der Waals surface area (Å²) >= 11 is 0. The minimum absolute atomic E-state index is 0.0895. The van der Waals surface area contributed by atoms with Gasteiger partial charge in [-0.3, -0.25) is 4.79 Å². The molecule has 0 saturated heterocycles. The van der Waals surface area contributed by atoms with Crippen molar-refractivity contribution in [1.82, 2.24) is 5.32 Å². The molecule has 0 radical (unpaired) electrons. The molecular formula is C16H24N2O. The van der Waals surface area contributed by atoms with Gasteiger partial charge in [-0.1, -0.05) is 18.2 Å². The summed E-state index contributed by atoms with van der Waals surface area (Å²) in [6.45, 7) is 7.34. The van der Waals surface area contributed by atoms with Crippen molar-refractivity contribution >= 4 is 5.91 Å². The van der Waals surface area contributed by atoms with Crippen LogP contribution in [0.1, 0.15) is 56.2 Å². The number of amides is 1. The number of carbonyl (C=O) groups excluding carboxylic acids is 1. The molecule has 1 aliphatic rings. The number of carbonyl (C=O) groups is 1. The highest BCUT2D eigenvalue weighted by molar-refractivity contribution is 5.82. The van der Waals surface area contributed by atoms with E-state index in [-0.39, 0.29) is 17.4 Å². The Morgan fingerprint density at radius 2 is 2.16 bits per heavy atom. The number of nitrogens with two attached hydrogens (primary N) is 1. The number of aryl methyl sites for hydroxylation is 1. The molecule has 3 nitrogen and oxygen atoms in total. The molecule has 19 heavy (non-hydrogen) atoms. The van der Waals surface area contributed by atoms with E-state index in [0.29, 0.717) is 0 Å². The van der Waals surface area contributed by atoms with Gasteiger partial charge in [0.1, 0.15) is 0 Å². The Morgan fingerprint density at radius 3 is 2.79 bits per heavy atom. The molecule has 0 heterocycles. The van der Waals surface area contributed by atoms with E-state index >= 15 is 0 Å². The van der Waals surface area contributed by atoms with Crippen molar-refractivity contribution in [3.8, 4) is 0 Å². The second-order valence-corrected chi connectivity index (χ2v) is 6.48. The molecule has 0 aliphatic heterocycles. The maximum atomic E-state index is 11.5. The number of nitrogens with one attached hydrogen (secondary N) is 1. The predicted molar refractivity (Wildman–Crippen MR) is 77.9 cm³/mol. The van der Waals surface area contributed by atoms with Gasteiger partial charge in [0.15, 0.2) is 0 Å². The summed E-state index contributed by atoms with van der Waals surface area (Å²) in [5.41, 5.74) is 9.31. The molecule has 1 atom stereocenters. The second kappa shape index (κ2) is 5.33. The fourth-order valence-electron chi connectivity index (χ4n) is 2.64. The Kier molecular flexibility index (Phi) is 3.95. The maximum absolute atomic E-state index is 11.5. The summed E-state index contributed by atoms with van der Waals surface area (Å²) in [4.78, 5) is 11.5. The minimum atomic E-state index is -0.193. The summed E-state index contributed by atoms with van der Waals surface area (Å²) in [6.07, 6.45) is 3.00. The zero-order valence-electron chi connectivity index (χ0n) is 12.1. The van der Waals surface area contributed by atoms with Gasteiger partial charge in [0, 0.05) is 12.1 Å². The van der Waals surface area contributed by atoms with Crippen molar-refractivity contribution in [3.05, 3.63) is 34.9 Å². The van der Waals surface area contributed by atoms with E-state index in [1.807, 2.05) is 0 Å². The zero-order chi connectivity index (χ0) is 14.0. The van der Waals surface area contributed by atoms with Crippen LogP contribution in [-0.4, -0.2) is 11.4 Å². The van der Waals surface area contributed by atoms with E-state index in [0.717, 1.165) is 31.4 Å². The smallest absolute Gasteiger partial charge is 0.224 e. The predicted octanol–water partition coefficient (Wildman–Crippen LogP) is 2.48. The Labute approximate surface area is 115 Å². The van der Waals surface area contributed by atoms with Gasteiger partial charge in [-0.15, -0.1) is 0 Å². The molecule has 2 rings (SSSR count). The Morgan fingerprint density at radius 1 is 1.42 bits per heavy atom. The zero-order valence-corrected chi connectivity index (χ0v) is 12.1. The quantitative estimate of drug-likeness (QED) is 0.877. The number of rotatable bonds is 3. The van der Waals surface area contributed by atoms with Gasteiger partial charge in [-0.25, -0.2) is 0 Å². The standard InChI is InChI=1S/C16H24N2O/c1-16(2,3)18-10-11-7-8-13-12(9-11)5-4-6-14(13)15(17)19/h7-9,14,18H,4-6,10H2,1-3H3,(H2,17,19). The first kappa shape index (κ1) is 14.1. The molecule has 3 heteroatoms. The lowest BCUT2D eigenvalue weighted by Crippen LogP contribution is -2.35. The molecule has 0 saturated carbocycles. The van der Waals surface area contributed by atoms with E-state index in [1.54, 1.807) is 0 Å². The largest absolute Gasteiger partial charge is 0.369 e. The van der Waals surface area contributed by atoms with Gasteiger partial charge in [-0.05, 0) is 56.7 Å². The Bertz CT molecular complexity index is 474. The summed E-state index contributed by atoms with van der Waals surface area (Å²) in [5, 5.41) is 3.49. The maximum Gasteiger partial charge on any atom is 0.224 e. The minimum Gasteiger partial charge on any atom is -0.369 e. The van der Waals surface area contributed by atoms with Crippen LogP contribution in [0.5, 0.6) is 0 Å². The summed E-state index contributed by atoms with van der Waals surface area (Å²) < 4.78 is 0. The van der Waals surface area contributed by atoms with Gasteiger partial charge in [0.25, 0.3) is 0 Å². The van der Waals surface area contributed by atoms with Crippen molar-refractivity contribution in [1.29, 1.82) is 0 Å². The van der Waals surface area contributed by atoms with Crippen LogP contribution in [0.4, 0.5) is 0 Å². The number of benzene rings is 1. The van der Waals surface area contributed by atoms with E-state index in [9.17, 15) is 4.79 Å². The molecule has 0 aromatic heterocycles. The molecule has 0 bridgehead atoms. The average Bonchev–Trinajstić information content (AvgIpc) is 2.34. The lowest BCUT2D eigenvalue weighted by atomic mass is 9.81. The van der Waals surface area contributed by atoms with Crippen LogP contribution in [0.15, 0.2) is 18.2 Å². The highest BCUT2D eigenvalue weighted by atomic mass is 16.1. The molecule has 3 N–H and O–H groups in total. The number of fused-ring (bicyclic) bond motifs is 1. The first-order valence-electron chi connectivity index (χ1n) is 7.03. The molecule has 0 fully saturated rings. The molecule has 1 amide bonds. The van der Waals surface area contributed by atoms with Crippen molar-refractivity contribution < 1.29 is 4.79 Å². The van der Waals surface area contributed by atoms with Crippen LogP contribution < -0.4 is 11.1 Å². The molecule has 1 unspecified atom stereocenters. The fraction of sp³-hybridized carbons (Fsp3) is 0.562. The van der Waals surface area contributed by atoms with Crippen LogP contribution in [-0.2, 0) is 17.8 Å². The van der Waals surface area contributed by atoms with Crippen LogP contribution in [0, 0.1) is 0 Å². The highest BCUT2D eigenvalue weighted by Crippen LogP contribution is 2.32. The summed E-state index contributed by atoms with van der Waals surface area (Å²) in [6, 6.07) is 6.42. The van der Waals surface area contributed by atoms with E-state index < -0.39 is 0 Å². The molecular weight excluding hydrogens is 236 g/mol. The average molecular weight is 260 g/mol. The monoisotopic (exact) mass is 260 g/mol. The third-order valence-corrected chi connectivity index (χ3v) is 3.69. The van der Waals surface area contributed by atoms with E-state index in [4.69, 9.17) is 5.73 Å². The van der Waals surface area contributed by atoms with Gasteiger partial charge in [0.2, 0.25) is 5.91 Å². The molecule has 104 valence electrons.